The molecule has 2 N–H and O–H groups in total. The van der Waals surface area contributed by atoms with E-state index in [0.29, 0.717) is 19.6 Å². The number of carbonyl (C=O) groups excluding carboxylic acids is 1. The zero-order valence-corrected chi connectivity index (χ0v) is 21.3. The lowest BCUT2D eigenvalue weighted by Gasteiger charge is -2.35. The van der Waals surface area contributed by atoms with Crippen molar-refractivity contribution in [1.82, 2.24) is 15.3 Å². The first-order valence-corrected chi connectivity index (χ1v) is 12.4. The number of hydrogen-bond acceptors (Lipinski definition) is 4. The van der Waals surface area contributed by atoms with Gasteiger partial charge in [0, 0.05) is 25.6 Å². The van der Waals surface area contributed by atoms with Gasteiger partial charge >= 0.3 is 12.2 Å². The molecule has 1 aliphatic rings. The van der Waals surface area contributed by atoms with Gasteiger partial charge < -0.3 is 14.7 Å². The molecule has 0 unspecified atom stereocenters. The highest BCUT2D eigenvalue weighted by Crippen LogP contribution is 2.36. The monoisotopic (exact) mass is 489 g/mol. The van der Waals surface area contributed by atoms with Gasteiger partial charge in [0.15, 0.2) is 0 Å². The largest absolute Gasteiger partial charge is 0.464 e. The number of benzene rings is 3. The van der Waals surface area contributed by atoms with Crippen molar-refractivity contribution in [2.75, 3.05) is 19.6 Å². The van der Waals surface area contributed by atoms with Crippen molar-refractivity contribution in [3.63, 3.8) is 0 Å². The average molecular weight is 490 g/mol. The molecular formula is C29H35N3O4. The van der Waals surface area contributed by atoms with Crippen LogP contribution in [0.25, 0.3) is 10.8 Å². The summed E-state index contributed by atoms with van der Waals surface area (Å²) < 4.78 is 5.86. The quantitative estimate of drug-likeness (QED) is 0.441. The Bertz CT molecular complexity index is 1200. The Morgan fingerprint density at radius 2 is 1.69 bits per heavy atom. The average Bonchev–Trinajstić information content (AvgIpc) is 3.22. The van der Waals surface area contributed by atoms with Gasteiger partial charge in [-0.25, -0.2) is 14.6 Å². The number of ether oxygens (including phenoxy) is 1. The summed E-state index contributed by atoms with van der Waals surface area (Å²) in [5.74, 6) is 0.0619. The Kier molecular flexibility index (Phi) is 7.50. The summed E-state index contributed by atoms with van der Waals surface area (Å²) in [5, 5.41) is 13.3. The molecule has 0 aliphatic carbocycles. The fourth-order valence-electron chi connectivity index (χ4n) is 5.11. The van der Waals surface area contributed by atoms with Crippen LogP contribution in [0.1, 0.15) is 50.8 Å². The van der Waals surface area contributed by atoms with E-state index in [9.17, 15) is 14.7 Å². The number of nitrogens with zero attached hydrogens (tertiary/aromatic N) is 2. The molecule has 190 valence electrons. The highest BCUT2D eigenvalue weighted by Gasteiger charge is 2.39. The maximum absolute atomic E-state index is 13.6. The predicted molar refractivity (Wildman–Crippen MR) is 141 cm³/mol. The number of carboxylic acid groups (broad SMARTS) is 1. The Labute approximate surface area is 212 Å². The first kappa shape index (κ1) is 25.5. The van der Waals surface area contributed by atoms with E-state index in [4.69, 9.17) is 4.74 Å². The zero-order valence-electron chi connectivity index (χ0n) is 21.3. The van der Waals surface area contributed by atoms with Crippen molar-refractivity contribution in [2.45, 2.75) is 45.3 Å². The third kappa shape index (κ3) is 5.97. The molecule has 0 aromatic heterocycles. The minimum atomic E-state index is -1.09. The Morgan fingerprint density at radius 3 is 2.39 bits per heavy atom. The van der Waals surface area contributed by atoms with E-state index in [2.05, 4.69) is 41.8 Å². The van der Waals surface area contributed by atoms with Gasteiger partial charge in [0.25, 0.3) is 0 Å². The highest BCUT2D eigenvalue weighted by atomic mass is 16.6. The zero-order chi connectivity index (χ0) is 25.9. The molecule has 0 radical (unpaired) electrons. The van der Waals surface area contributed by atoms with Crippen LogP contribution >= 0.6 is 0 Å². The fraction of sp³-hybridized carbons (Fsp3) is 0.379. The molecule has 3 aromatic rings. The molecule has 36 heavy (non-hydrogen) atoms. The van der Waals surface area contributed by atoms with Gasteiger partial charge in [-0.3, -0.25) is 5.43 Å². The number of hydrogen-bond donors (Lipinski definition) is 2. The van der Waals surface area contributed by atoms with Crippen LogP contribution < -0.4 is 5.43 Å². The van der Waals surface area contributed by atoms with Crippen molar-refractivity contribution in [2.24, 2.45) is 5.92 Å². The van der Waals surface area contributed by atoms with Gasteiger partial charge in [0.2, 0.25) is 0 Å². The first-order valence-electron chi connectivity index (χ1n) is 12.4. The SMILES string of the molecule is C[C@H](c1cccc2ccccc12)N(C[C@H]1CN(NC(=O)O)C[C@@H]1c1ccccc1)C(=O)OC(C)(C)C. The summed E-state index contributed by atoms with van der Waals surface area (Å²) in [4.78, 5) is 26.8. The standard InChI is InChI=1S/C29H35N3O4/c1-20(24-16-10-14-21-13-8-9-15-25(21)24)32(28(35)36-29(2,3)4)18-23-17-31(30-27(33)34)19-26(23)22-11-6-5-7-12-22/h5-16,20,23,26,30H,17-19H2,1-4H3,(H,33,34)/t20-,23-,26-/m1/s1. The van der Waals surface area contributed by atoms with Crippen molar-refractivity contribution in [3.05, 3.63) is 83.9 Å². The van der Waals surface area contributed by atoms with E-state index in [-0.39, 0.29) is 24.0 Å². The molecule has 0 bridgehead atoms. The van der Waals surface area contributed by atoms with Crippen LogP contribution in [0.4, 0.5) is 9.59 Å². The van der Waals surface area contributed by atoms with E-state index in [1.165, 1.54) is 0 Å². The van der Waals surface area contributed by atoms with Gasteiger partial charge in [-0.2, -0.15) is 0 Å². The molecule has 2 amide bonds. The van der Waals surface area contributed by atoms with Crippen LogP contribution in [-0.4, -0.2) is 52.4 Å². The summed E-state index contributed by atoms with van der Waals surface area (Å²) in [7, 11) is 0. The molecule has 1 heterocycles. The molecule has 7 nitrogen and oxygen atoms in total. The van der Waals surface area contributed by atoms with E-state index in [0.717, 1.165) is 21.9 Å². The smallest absolute Gasteiger partial charge is 0.419 e. The van der Waals surface area contributed by atoms with Crippen molar-refractivity contribution < 1.29 is 19.4 Å². The lowest BCUT2D eigenvalue weighted by Crippen LogP contribution is -2.43. The van der Waals surface area contributed by atoms with E-state index in [1.54, 1.807) is 9.91 Å². The van der Waals surface area contributed by atoms with Gasteiger partial charge in [-0.15, -0.1) is 0 Å². The third-order valence-electron chi connectivity index (χ3n) is 6.72. The second-order valence-electron chi connectivity index (χ2n) is 10.5. The molecule has 7 heteroatoms. The van der Waals surface area contributed by atoms with Crippen LogP contribution in [0.15, 0.2) is 72.8 Å². The minimum Gasteiger partial charge on any atom is -0.464 e. The molecular weight excluding hydrogens is 454 g/mol. The molecule has 1 saturated heterocycles. The third-order valence-corrected chi connectivity index (χ3v) is 6.72. The molecule has 0 saturated carbocycles. The topological polar surface area (TPSA) is 82.1 Å². The molecule has 1 fully saturated rings. The van der Waals surface area contributed by atoms with Crippen molar-refractivity contribution >= 4 is 23.0 Å². The summed E-state index contributed by atoms with van der Waals surface area (Å²) in [5.41, 5.74) is 4.05. The Hall–Kier alpha value is -3.58. The Morgan fingerprint density at radius 1 is 1.03 bits per heavy atom. The van der Waals surface area contributed by atoms with Gasteiger partial charge in [-0.1, -0.05) is 72.8 Å². The predicted octanol–water partition coefficient (Wildman–Crippen LogP) is 6.04. The maximum Gasteiger partial charge on any atom is 0.419 e. The second kappa shape index (κ2) is 10.6. The van der Waals surface area contributed by atoms with Gasteiger partial charge in [0.05, 0.1) is 6.04 Å². The fourth-order valence-corrected chi connectivity index (χ4v) is 5.11. The number of amides is 2. The summed E-state index contributed by atoms with van der Waals surface area (Å²) >= 11 is 0. The van der Waals surface area contributed by atoms with Crippen LogP contribution in [0.3, 0.4) is 0 Å². The number of carbonyl (C=O) groups is 2. The molecule has 4 rings (SSSR count). The molecule has 1 aliphatic heterocycles. The second-order valence-corrected chi connectivity index (χ2v) is 10.5. The van der Waals surface area contributed by atoms with Crippen LogP contribution in [0.2, 0.25) is 0 Å². The van der Waals surface area contributed by atoms with Crippen molar-refractivity contribution in [1.29, 1.82) is 0 Å². The number of rotatable bonds is 6. The van der Waals surface area contributed by atoms with E-state index in [1.807, 2.05) is 64.1 Å². The number of hydrazine groups is 1. The first-order chi connectivity index (χ1) is 17.1. The summed E-state index contributed by atoms with van der Waals surface area (Å²) in [6.07, 6.45) is -1.46. The minimum absolute atomic E-state index is 0.00388. The van der Waals surface area contributed by atoms with E-state index < -0.39 is 11.7 Å². The van der Waals surface area contributed by atoms with Crippen LogP contribution in [-0.2, 0) is 4.74 Å². The molecule has 3 aromatic carbocycles. The summed E-state index contributed by atoms with van der Waals surface area (Å²) in [6.45, 7) is 9.09. The molecule has 3 atom stereocenters. The molecule has 0 spiro atoms. The van der Waals surface area contributed by atoms with Crippen LogP contribution in [0, 0.1) is 5.92 Å². The number of nitrogens with one attached hydrogen (secondary N) is 1. The lowest BCUT2D eigenvalue weighted by molar-refractivity contribution is 0.0134. The van der Waals surface area contributed by atoms with Gasteiger partial charge in [-0.05, 0) is 55.5 Å². The van der Waals surface area contributed by atoms with Gasteiger partial charge in [0.1, 0.15) is 5.60 Å². The maximum atomic E-state index is 13.6. The van der Waals surface area contributed by atoms with Crippen molar-refractivity contribution in [3.8, 4) is 0 Å². The highest BCUT2D eigenvalue weighted by molar-refractivity contribution is 5.86. The normalized spacial score (nSPS) is 19.1. The lowest BCUT2D eigenvalue weighted by atomic mass is 9.88. The number of fused-ring (bicyclic) bond motifs is 1. The van der Waals surface area contributed by atoms with E-state index >= 15 is 0 Å². The van der Waals surface area contributed by atoms with Crippen LogP contribution in [0.5, 0.6) is 0 Å². The Balaban J connectivity index is 1.69. The summed E-state index contributed by atoms with van der Waals surface area (Å²) in [6, 6.07) is 24.1.